The Morgan fingerprint density at radius 3 is 2.53 bits per heavy atom. The number of β-amino-alcohol motifs (C(OH)–C–C–N with tert-alkyl or cyclic N) is 1. The molecule has 0 spiro atoms. The lowest BCUT2D eigenvalue weighted by molar-refractivity contribution is -0.140. The Balaban J connectivity index is 2.90. The van der Waals surface area contributed by atoms with E-state index in [0.717, 1.165) is 7.11 Å². The summed E-state index contributed by atoms with van der Waals surface area (Å²) in [6.07, 6.45) is -2.53. The van der Waals surface area contributed by atoms with E-state index in [-0.39, 0.29) is 13.0 Å². The van der Waals surface area contributed by atoms with Crippen molar-refractivity contribution in [3.8, 4) is 0 Å². The number of carbonyl (C=O) groups excluding carboxylic acids is 1. The van der Waals surface area contributed by atoms with Crippen LogP contribution in [0.4, 0.5) is 4.79 Å². The predicted molar refractivity (Wildman–Crippen MR) is 53.2 cm³/mol. The Labute approximate surface area is 97.2 Å². The van der Waals surface area contributed by atoms with E-state index in [1.807, 2.05) is 0 Å². The molecule has 9 nitrogen and oxygen atoms in total. The van der Waals surface area contributed by atoms with Gasteiger partial charge in [0.1, 0.15) is 6.04 Å². The van der Waals surface area contributed by atoms with Gasteiger partial charge in [-0.2, -0.15) is 12.7 Å². The van der Waals surface area contributed by atoms with Crippen molar-refractivity contribution < 1.29 is 33.0 Å². The van der Waals surface area contributed by atoms with Crippen molar-refractivity contribution >= 4 is 22.3 Å². The van der Waals surface area contributed by atoms with Crippen molar-refractivity contribution in [2.75, 3.05) is 13.7 Å². The monoisotopic (exact) mass is 268 g/mol. The van der Waals surface area contributed by atoms with E-state index >= 15 is 0 Å². The summed E-state index contributed by atoms with van der Waals surface area (Å²) in [7, 11) is -3.36. The molecule has 0 saturated carbocycles. The van der Waals surface area contributed by atoms with E-state index in [2.05, 4.69) is 4.74 Å². The van der Waals surface area contributed by atoms with Crippen LogP contribution in [-0.2, 0) is 19.7 Å². The summed E-state index contributed by atoms with van der Waals surface area (Å²) in [5.74, 6) is -1.39. The van der Waals surface area contributed by atoms with Gasteiger partial charge < -0.3 is 14.9 Å². The third-order valence-corrected chi connectivity index (χ3v) is 3.67. The molecule has 10 heteroatoms. The number of ether oxygens (including phenoxy) is 1. The maximum Gasteiger partial charge on any atom is 0.421 e. The highest BCUT2D eigenvalue weighted by atomic mass is 32.2. The van der Waals surface area contributed by atoms with Gasteiger partial charge in [-0.1, -0.05) is 0 Å². The van der Waals surface area contributed by atoms with E-state index in [9.17, 15) is 23.1 Å². The molecule has 0 unspecified atom stereocenters. The second-order valence-electron chi connectivity index (χ2n) is 3.41. The zero-order valence-corrected chi connectivity index (χ0v) is 9.68. The highest BCUT2D eigenvalue weighted by Crippen LogP contribution is 2.20. The molecule has 0 aromatic carbocycles. The Bertz CT molecular complexity index is 420. The van der Waals surface area contributed by atoms with Crippen LogP contribution >= 0.6 is 0 Å². The molecule has 0 bridgehead atoms. The second kappa shape index (κ2) is 4.85. The van der Waals surface area contributed by atoms with Gasteiger partial charge in [0.05, 0.1) is 13.2 Å². The number of amides is 1. The summed E-state index contributed by atoms with van der Waals surface area (Å²) < 4.78 is 29.3. The normalized spacial score (nSPS) is 25.5. The summed E-state index contributed by atoms with van der Waals surface area (Å²) in [5, 5.41) is 18.1. The first-order chi connectivity index (χ1) is 7.77. The second-order valence-corrected chi connectivity index (χ2v) is 5.04. The van der Waals surface area contributed by atoms with Crippen LogP contribution in [0.1, 0.15) is 6.42 Å². The first kappa shape index (κ1) is 13.7. The van der Waals surface area contributed by atoms with Crippen molar-refractivity contribution in [1.29, 1.82) is 0 Å². The number of carbonyl (C=O) groups is 2. The average molecular weight is 268 g/mol. The minimum absolute atomic E-state index is 0.225. The molecule has 17 heavy (non-hydrogen) atoms. The molecule has 1 aliphatic rings. The molecule has 1 aliphatic heterocycles. The van der Waals surface area contributed by atoms with E-state index in [1.165, 1.54) is 4.72 Å². The third-order valence-electron chi connectivity index (χ3n) is 2.23. The van der Waals surface area contributed by atoms with Crippen LogP contribution in [0.25, 0.3) is 0 Å². The molecular formula is C7H12N2O7S. The summed E-state index contributed by atoms with van der Waals surface area (Å²) >= 11 is 0. The lowest BCUT2D eigenvalue weighted by Crippen LogP contribution is -2.48. The van der Waals surface area contributed by atoms with Crippen LogP contribution < -0.4 is 4.72 Å². The number of nitrogens with zero attached hydrogens (tertiary/aromatic N) is 1. The van der Waals surface area contributed by atoms with E-state index in [1.54, 1.807) is 0 Å². The number of carboxylic acids is 1. The fraction of sp³-hybridized carbons (Fsp3) is 0.714. The molecule has 98 valence electrons. The zero-order valence-electron chi connectivity index (χ0n) is 8.86. The molecule has 0 aromatic rings. The molecule has 1 amide bonds. The number of nitrogens with one attached hydrogen (secondary N) is 1. The molecule has 2 atom stereocenters. The Kier molecular flexibility index (Phi) is 3.91. The smallest absolute Gasteiger partial charge is 0.421 e. The van der Waals surface area contributed by atoms with Gasteiger partial charge in [-0.3, -0.25) is 4.79 Å². The number of methoxy groups -OCH3 is 1. The Hall–Kier alpha value is -1.39. The van der Waals surface area contributed by atoms with Gasteiger partial charge in [0, 0.05) is 13.0 Å². The van der Waals surface area contributed by atoms with Gasteiger partial charge in [-0.05, 0) is 0 Å². The van der Waals surface area contributed by atoms with Crippen LogP contribution in [0.3, 0.4) is 0 Å². The Morgan fingerprint density at radius 1 is 1.47 bits per heavy atom. The topological polar surface area (TPSA) is 133 Å². The van der Waals surface area contributed by atoms with Crippen molar-refractivity contribution in [1.82, 2.24) is 9.03 Å². The highest BCUT2D eigenvalue weighted by molar-refractivity contribution is 7.87. The first-order valence-electron chi connectivity index (χ1n) is 4.56. The number of rotatable bonds is 3. The predicted octanol–water partition coefficient (Wildman–Crippen LogP) is -1.89. The number of aliphatic hydroxyl groups excluding tert-OH is 1. The lowest BCUT2D eigenvalue weighted by Gasteiger charge is -2.20. The lowest BCUT2D eigenvalue weighted by atomic mass is 10.2. The summed E-state index contributed by atoms with van der Waals surface area (Å²) in [6, 6.07) is -1.40. The van der Waals surface area contributed by atoms with E-state index in [0.29, 0.717) is 4.31 Å². The van der Waals surface area contributed by atoms with Crippen LogP contribution in [-0.4, -0.2) is 60.8 Å². The van der Waals surface area contributed by atoms with Gasteiger partial charge in [0.2, 0.25) is 0 Å². The Morgan fingerprint density at radius 2 is 2.06 bits per heavy atom. The summed E-state index contributed by atoms with van der Waals surface area (Å²) in [5.41, 5.74) is 0. The SMILES string of the molecule is COC(=O)NS(=O)(=O)N1C[C@H](O)C[C@@H]1C(=O)O. The zero-order chi connectivity index (χ0) is 13.2. The first-order valence-corrected chi connectivity index (χ1v) is 6.00. The van der Waals surface area contributed by atoms with Crippen molar-refractivity contribution in [2.24, 2.45) is 0 Å². The maximum atomic E-state index is 11.6. The summed E-state index contributed by atoms with van der Waals surface area (Å²) in [6.45, 7) is -0.386. The van der Waals surface area contributed by atoms with Gasteiger partial charge in [0.15, 0.2) is 0 Å². The standard InChI is InChI=1S/C7H12N2O7S/c1-16-7(13)8-17(14,15)9-3-4(10)2-5(9)6(11)12/h4-5,10H,2-3H2,1H3,(H,8,13)(H,11,12)/t4-,5-/m1/s1. The van der Waals surface area contributed by atoms with Gasteiger partial charge in [0.25, 0.3) is 0 Å². The van der Waals surface area contributed by atoms with Crippen LogP contribution in [0.5, 0.6) is 0 Å². The fourth-order valence-electron chi connectivity index (χ4n) is 1.48. The molecule has 3 N–H and O–H groups in total. The maximum absolute atomic E-state index is 11.6. The fourth-order valence-corrected chi connectivity index (χ4v) is 2.77. The van der Waals surface area contributed by atoms with E-state index < -0.39 is 34.4 Å². The average Bonchev–Trinajstić information content (AvgIpc) is 2.60. The third kappa shape index (κ3) is 3.05. The molecule has 1 saturated heterocycles. The number of aliphatic carboxylic acids is 1. The van der Waals surface area contributed by atoms with Gasteiger partial charge in [-0.15, -0.1) is 0 Å². The molecule has 0 aromatic heterocycles. The summed E-state index contributed by atoms with van der Waals surface area (Å²) in [4.78, 5) is 21.6. The van der Waals surface area contributed by atoms with Crippen molar-refractivity contribution in [3.63, 3.8) is 0 Å². The molecular weight excluding hydrogens is 256 g/mol. The van der Waals surface area contributed by atoms with Gasteiger partial charge >= 0.3 is 22.3 Å². The van der Waals surface area contributed by atoms with Crippen molar-refractivity contribution in [3.05, 3.63) is 0 Å². The largest absolute Gasteiger partial charge is 0.480 e. The molecule has 1 heterocycles. The minimum Gasteiger partial charge on any atom is -0.480 e. The van der Waals surface area contributed by atoms with Crippen LogP contribution in [0, 0.1) is 0 Å². The highest BCUT2D eigenvalue weighted by Gasteiger charge is 2.43. The molecule has 0 radical (unpaired) electrons. The number of hydrogen-bond donors (Lipinski definition) is 3. The minimum atomic E-state index is -4.33. The number of aliphatic hydroxyl groups is 1. The number of carboxylic acid groups (broad SMARTS) is 1. The quantitative estimate of drug-likeness (QED) is 0.544. The van der Waals surface area contributed by atoms with Crippen molar-refractivity contribution in [2.45, 2.75) is 18.6 Å². The number of hydrogen-bond acceptors (Lipinski definition) is 6. The van der Waals surface area contributed by atoms with Gasteiger partial charge in [-0.25, -0.2) is 9.52 Å². The molecule has 0 aliphatic carbocycles. The molecule has 1 fully saturated rings. The molecule has 1 rings (SSSR count). The van der Waals surface area contributed by atoms with Crippen LogP contribution in [0.15, 0.2) is 0 Å². The van der Waals surface area contributed by atoms with Crippen LogP contribution in [0.2, 0.25) is 0 Å². The van der Waals surface area contributed by atoms with E-state index in [4.69, 9.17) is 5.11 Å².